The molecule has 1 aliphatic heterocycles. The van der Waals surface area contributed by atoms with Gasteiger partial charge in [0.1, 0.15) is 12.4 Å². The predicted octanol–water partition coefficient (Wildman–Crippen LogP) is 5.15. The molecular weight excluding hydrogens is 645 g/mol. The van der Waals surface area contributed by atoms with E-state index in [4.69, 9.17) is 37.2 Å². The second-order valence-corrected chi connectivity index (χ2v) is 13.6. The molecule has 0 radical (unpaired) electrons. The zero-order valence-electron chi connectivity index (χ0n) is 24.6. The molecule has 1 unspecified atom stereocenters. The molecule has 2 aliphatic rings. The van der Waals surface area contributed by atoms with Crippen molar-refractivity contribution in [2.24, 2.45) is 0 Å². The molecule has 4 atom stereocenters. The first-order chi connectivity index (χ1) is 21.5. The number of hydrogen-bond acceptors (Lipinski definition) is 8. The van der Waals surface area contributed by atoms with E-state index in [-0.39, 0.29) is 35.7 Å². The van der Waals surface area contributed by atoms with Crippen molar-refractivity contribution >= 4 is 51.0 Å². The largest absolute Gasteiger partial charge is 0.460 e. The van der Waals surface area contributed by atoms with Crippen LogP contribution >= 0.6 is 23.2 Å². The van der Waals surface area contributed by atoms with Gasteiger partial charge < -0.3 is 14.1 Å². The topological polar surface area (TPSA) is 144 Å². The third kappa shape index (κ3) is 7.36. The zero-order chi connectivity index (χ0) is 32.3. The van der Waals surface area contributed by atoms with Gasteiger partial charge in [-0.2, -0.15) is 0 Å². The fourth-order valence-corrected chi connectivity index (χ4v) is 7.48. The molecule has 1 fully saturated rings. The number of carbonyl (C=O) groups excluding carboxylic acids is 3. The van der Waals surface area contributed by atoms with Crippen LogP contribution < -0.4 is 10.2 Å². The lowest BCUT2D eigenvalue weighted by Crippen LogP contribution is -2.59. The van der Waals surface area contributed by atoms with E-state index in [1.54, 1.807) is 48.2 Å². The van der Waals surface area contributed by atoms with Crippen LogP contribution in [0.5, 0.6) is 0 Å². The molecule has 11 nitrogen and oxygen atoms in total. The summed E-state index contributed by atoms with van der Waals surface area (Å²) in [5.74, 6) is -2.28. The Bertz CT molecular complexity index is 1700. The normalized spacial score (nSPS) is 21.7. The molecule has 0 saturated heterocycles. The van der Waals surface area contributed by atoms with Crippen molar-refractivity contribution in [3.8, 4) is 0 Å². The second kappa shape index (κ2) is 13.9. The summed E-state index contributed by atoms with van der Waals surface area (Å²) in [6, 6.07) is 12.5. The van der Waals surface area contributed by atoms with Gasteiger partial charge in [0.2, 0.25) is 15.8 Å². The Hall–Kier alpha value is -3.42. The Balaban J connectivity index is 1.52. The number of rotatable bonds is 10. The van der Waals surface area contributed by atoms with Gasteiger partial charge in [-0.1, -0.05) is 60.3 Å². The van der Waals surface area contributed by atoms with E-state index in [9.17, 15) is 22.8 Å². The van der Waals surface area contributed by atoms with Gasteiger partial charge in [0.05, 0.1) is 24.8 Å². The van der Waals surface area contributed by atoms with Crippen LogP contribution in [0.1, 0.15) is 82.4 Å². The van der Waals surface area contributed by atoms with E-state index in [2.05, 4.69) is 10.2 Å². The van der Waals surface area contributed by atoms with Crippen molar-refractivity contribution in [3.63, 3.8) is 0 Å². The van der Waals surface area contributed by atoms with Crippen LogP contribution in [0.2, 0.25) is 10.0 Å². The molecule has 1 aromatic heterocycles. The average molecular weight is 679 g/mol. The molecule has 0 spiro atoms. The lowest BCUT2D eigenvalue weighted by Gasteiger charge is -2.49. The Morgan fingerprint density at radius 1 is 1.04 bits per heavy atom. The van der Waals surface area contributed by atoms with E-state index in [1.807, 2.05) is 0 Å². The number of ether oxygens (including phenoxy) is 1. The lowest BCUT2D eigenvalue weighted by atomic mass is 9.76. The quantitative estimate of drug-likeness (QED) is 0.221. The lowest BCUT2D eigenvalue weighted by molar-refractivity contribution is -0.138. The van der Waals surface area contributed by atoms with Crippen LogP contribution in [0.15, 0.2) is 59.0 Å². The summed E-state index contributed by atoms with van der Waals surface area (Å²) >= 11 is 13.0. The van der Waals surface area contributed by atoms with Crippen LogP contribution in [0.25, 0.3) is 0 Å². The highest BCUT2D eigenvalue weighted by atomic mass is 35.5. The first-order valence-electron chi connectivity index (χ1n) is 14.5. The van der Waals surface area contributed by atoms with Crippen molar-refractivity contribution in [2.45, 2.75) is 63.3 Å². The summed E-state index contributed by atoms with van der Waals surface area (Å²) in [6.45, 7) is 1.67. The van der Waals surface area contributed by atoms with E-state index in [1.165, 1.54) is 18.2 Å². The highest BCUT2D eigenvalue weighted by molar-refractivity contribution is 7.88. The highest BCUT2D eigenvalue weighted by Crippen LogP contribution is 2.47. The summed E-state index contributed by atoms with van der Waals surface area (Å²) in [5.41, 5.74) is 3.73. The summed E-state index contributed by atoms with van der Waals surface area (Å²) in [5, 5.41) is 0.617. The summed E-state index contributed by atoms with van der Waals surface area (Å²) < 4.78 is 37.9. The number of halogens is 2. The molecule has 0 bridgehead atoms. The number of furan rings is 1. The summed E-state index contributed by atoms with van der Waals surface area (Å²) in [7, 11) is -3.61. The van der Waals surface area contributed by atoms with Gasteiger partial charge in [0.25, 0.3) is 11.8 Å². The molecule has 2 amide bonds. The number of amides is 2. The molecule has 2 aromatic carbocycles. The van der Waals surface area contributed by atoms with Crippen LogP contribution in [0.4, 0.5) is 0 Å². The van der Waals surface area contributed by atoms with Gasteiger partial charge >= 0.3 is 5.97 Å². The Morgan fingerprint density at radius 2 is 1.80 bits per heavy atom. The Kier molecular flexibility index (Phi) is 10.2. The number of nitrogens with one attached hydrogen (secondary N) is 2. The minimum atomic E-state index is -3.61. The maximum Gasteiger partial charge on any atom is 0.374 e. The summed E-state index contributed by atoms with van der Waals surface area (Å²) in [4.78, 5) is 47.5. The Morgan fingerprint density at radius 3 is 2.53 bits per heavy atom. The maximum atomic E-state index is 14.3. The van der Waals surface area contributed by atoms with Crippen molar-refractivity contribution in [1.82, 2.24) is 15.1 Å². The third-order valence-corrected chi connectivity index (χ3v) is 9.21. The van der Waals surface area contributed by atoms with Gasteiger partial charge in [0.15, 0.2) is 0 Å². The SMILES string of the molecule is CCOC(=O)c1ccc(CONC(=O)[C@@H]2c3ccccc3C(=O)N([C@H]3CCCCC3NS(C)(=O)=O)[C@H]2c2ccc(Cl)cc2Cl)o1. The molecular formula is C31H33Cl2N3O8S. The Labute approximate surface area is 271 Å². The predicted molar refractivity (Wildman–Crippen MR) is 166 cm³/mol. The standard InChI is InChI=1S/C31H33Cl2N3O8S/c1-3-42-31(39)26-15-13-19(44-26)17-43-34-29(37)27-20-8-4-5-9-21(20)30(38)36(28(27)22-14-12-18(32)16-23(22)33)25-11-7-6-10-24(25)35-45(2,40)41/h4-5,8-9,12-16,24-25,27-28,35H,3,6-7,10-11,17H2,1-2H3,(H,34,37)/t24?,25-,27+,28-/m0/s1. The number of fused-ring (bicyclic) bond motifs is 1. The average Bonchev–Trinajstić information content (AvgIpc) is 3.46. The molecule has 2 N–H and O–H groups in total. The van der Waals surface area contributed by atoms with Crippen molar-refractivity contribution in [3.05, 3.63) is 92.9 Å². The minimum Gasteiger partial charge on any atom is -0.460 e. The number of carbonyl (C=O) groups is 3. The first-order valence-corrected chi connectivity index (χ1v) is 17.1. The molecule has 45 heavy (non-hydrogen) atoms. The van der Waals surface area contributed by atoms with Crippen molar-refractivity contribution in [1.29, 1.82) is 0 Å². The number of hydroxylamine groups is 1. The number of sulfonamides is 1. The number of esters is 1. The minimum absolute atomic E-state index is 0.000628. The number of benzene rings is 2. The second-order valence-electron chi connectivity index (χ2n) is 11.0. The van der Waals surface area contributed by atoms with Crippen LogP contribution in [0, 0.1) is 0 Å². The number of nitrogens with zero attached hydrogens (tertiary/aromatic N) is 1. The maximum absolute atomic E-state index is 14.3. The third-order valence-electron chi connectivity index (χ3n) is 7.92. The van der Waals surface area contributed by atoms with E-state index in [0.717, 1.165) is 19.1 Å². The van der Waals surface area contributed by atoms with Gasteiger partial charge in [-0.15, -0.1) is 0 Å². The van der Waals surface area contributed by atoms with Crippen LogP contribution in [-0.2, 0) is 31.0 Å². The summed E-state index contributed by atoms with van der Waals surface area (Å²) in [6.07, 6.45) is 3.64. The van der Waals surface area contributed by atoms with Crippen molar-refractivity contribution < 1.29 is 36.8 Å². The van der Waals surface area contributed by atoms with Crippen LogP contribution in [0.3, 0.4) is 0 Å². The number of hydrogen-bond donors (Lipinski definition) is 2. The van der Waals surface area contributed by atoms with Crippen molar-refractivity contribution in [2.75, 3.05) is 12.9 Å². The van der Waals surface area contributed by atoms with Crippen LogP contribution in [-0.4, -0.2) is 56.0 Å². The first kappa shape index (κ1) is 33.0. The smallest absolute Gasteiger partial charge is 0.374 e. The van der Waals surface area contributed by atoms with Gasteiger partial charge in [0, 0.05) is 27.7 Å². The molecule has 240 valence electrons. The molecule has 1 saturated carbocycles. The van der Waals surface area contributed by atoms with E-state index in [0.29, 0.717) is 34.6 Å². The van der Waals surface area contributed by atoms with Gasteiger partial charge in [-0.05, 0) is 61.2 Å². The zero-order valence-corrected chi connectivity index (χ0v) is 27.0. The molecule has 1 aliphatic carbocycles. The van der Waals surface area contributed by atoms with Gasteiger partial charge in [-0.3, -0.25) is 14.4 Å². The molecule has 2 heterocycles. The van der Waals surface area contributed by atoms with Gasteiger partial charge in [-0.25, -0.2) is 23.4 Å². The van der Waals surface area contributed by atoms with E-state index < -0.39 is 45.9 Å². The molecule has 3 aromatic rings. The fraction of sp³-hybridized carbons (Fsp3) is 0.387. The fourth-order valence-electron chi connectivity index (χ4n) is 6.14. The highest BCUT2D eigenvalue weighted by Gasteiger charge is 2.49. The van der Waals surface area contributed by atoms with E-state index >= 15 is 0 Å². The molecule has 14 heteroatoms. The monoisotopic (exact) mass is 677 g/mol. The molecule has 5 rings (SSSR count).